The fourth-order valence-corrected chi connectivity index (χ4v) is 2.31. The summed E-state index contributed by atoms with van der Waals surface area (Å²) in [6.45, 7) is 5.14. The van der Waals surface area contributed by atoms with Crippen molar-refractivity contribution in [3.05, 3.63) is 46.0 Å². The molecule has 0 fully saturated rings. The van der Waals surface area contributed by atoms with Gasteiger partial charge in [-0.3, -0.25) is 0 Å². The molecule has 0 aliphatic rings. The average molecular weight is 221 g/mol. The summed E-state index contributed by atoms with van der Waals surface area (Å²) in [6, 6.07) is 8.50. The van der Waals surface area contributed by atoms with Gasteiger partial charge in [-0.25, -0.2) is 0 Å². The first-order chi connectivity index (χ1) is 7.25. The minimum atomic E-state index is 0.266. The maximum absolute atomic E-state index is 5.33. The summed E-state index contributed by atoms with van der Waals surface area (Å²) in [4.78, 5) is 2.73. The van der Waals surface area contributed by atoms with Crippen molar-refractivity contribution >= 4 is 11.3 Å². The molecule has 2 nitrogen and oxygen atoms in total. The van der Waals surface area contributed by atoms with Crippen LogP contribution in [0.1, 0.15) is 28.5 Å². The lowest BCUT2D eigenvalue weighted by molar-refractivity contribution is 0.431. The van der Waals surface area contributed by atoms with Crippen LogP contribution in [-0.4, -0.2) is 0 Å². The highest BCUT2D eigenvalue weighted by molar-refractivity contribution is 7.11. The van der Waals surface area contributed by atoms with Crippen molar-refractivity contribution in [3.63, 3.8) is 0 Å². The monoisotopic (exact) mass is 221 g/mol. The largest absolute Gasteiger partial charge is 0.468 e. The fraction of sp³-hybridized carbons (Fsp3) is 0.333. The van der Waals surface area contributed by atoms with Gasteiger partial charge in [0.1, 0.15) is 5.76 Å². The third kappa shape index (κ3) is 2.70. The molecule has 0 unspecified atom stereocenters. The molecule has 1 N–H and O–H groups in total. The van der Waals surface area contributed by atoms with Crippen LogP contribution in [-0.2, 0) is 6.54 Å². The van der Waals surface area contributed by atoms with Crippen molar-refractivity contribution in [2.75, 3.05) is 0 Å². The highest BCUT2D eigenvalue weighted by atomic mass is 32.1. The Morgan fingerprint density at radius 3 is 2.87 bits per heavy atom. The first-order valence-corrected chi connectivity index (χ1v) is 5.89. The minimum Gasteiger partial charge on any atom is -0.468 e. The van der Waals surface area contributed by atoms with E-state index in [0.717, 1.165) is 12.3 Å². The molecule has 2 rings (SSSR count). The van der Waals surface area contributed by atoms with Crippen molar-refractivity contribution in [1.29, 1.82) is 0 Å². The van der Waals surface area contributed by atoms with Gasteiger partial charge in [0, 0.05) is 16.3 Å². The molecule has 2 heterocycles. The topological polar surface area (TPSA) is 25.2 Å². The van der Waals surface area contributed by atoms with Crippen LogP contribution in [0.4, 0.5) is 0 Å². The molecule has 0 amide bonds. The second-order valence-corrected chi connectivity index (χ2v) is 5.00. The second kappa shape index (κ2) is 4.64. The molecule has 1 atom stereocenters. The quantitative estimate of drug-likeness (QED) is 0.854. The van der Waals surface area contributed by atoms with Gasteiger partial charge in [0.15, 0.2) is 0 Å². The third-order valence-electron chi connectivity index (χ3n) is 2.35. The standard InChI is InChI=1S/C12H15NOS/c1-9-5-6-11(15-9)8-13-10(2)12-4-3-7-14-12/h3-7,10,13H,8H2,1-2H3/t10-/m0/s1. The summed E-state index contributed by atoms with van der Waals surface area (Å²) >= 11 is 1.83. The highest BCUT2D eigenvalue weighted by Crippen LogP contribution is 2.17. The van der Waals surface area contributed by atoms with Crippen molar-refractivity contribution in [1.82, 2.24) is 5.32 Å². The number of hydrogen-bond acceptors (Lipinski definition) is 3. The third-order valence-corrected chi connectivity index (χ3v) is 3.35. The van der Waals surface area contributed by atoms with Gasteiger partial charge < -0.3 is 9.73 Å². The molecule has 0 aromatic carbocycles. The number of aryl methyl sites for hydroxylation is 1. The van der Waals surface area contributed by atoms with Gasteiger partial charge >= 0.3 is 0 Å². The van der Waals surface area contributed by atoms with E-state index in [-0.39, 0.29) is 6.04 Å². The van der Waals surface area contributed by atoms with Crippen LogP contribution < -0.4 is 5.32 Å². The molecule has 0 bridgehead atoms. The Morgan fingerprint density at radius 2 is 2.27 bits per heavy atom. The summed E-state index contributed by atoms with van der Waals surface area (Å²) < 4.78 is 5.33. The predicted octanol–water partition coefficient (Wildman–Crippen LogP) is 3.50. The zero-order valence-corrected chi connectivity index (χ0v) is 9.80. The lowest BCUT2D eigenvalue weighted by Gasteiger charge is -2.09. The Bertz CT molecular complexity index is 405. The Balaban J connectivity index is 1.88. The molecule has 15 heavy (non-hydrogen) atoms. The van der Waals surface area contributed by atoms with E-state index in [1.165, 1.54) is 9.75 Å². The molecule has 0 radical (unpaired) electrons. The van der Waals surface area contributed by atoms with Crippen LogP contribution in [0, 0.1) is 6.92 Å². The van der Waals surface area contributed by atoms with E-state index in [2.05, 4.69) is 31.3 Å². The van der Waals surface area contributed by atoms with E-state index in [1.807, 2.05) is 23.5 Å². The van der Waals surface area contributed by atoms with E-state index in [4.69, 9.17) is 4.42 Å². The Hall–Kier alpha value is -1.06. The van der Waals surface area contributed by atoms with Crippen LogP contribution >= 0.6 is 11.3 Å². The molecule has 2 aromatic rings. The summed E-state index contributed by atoms with van der Waals surface area (Å²) in [5.74, 6) is 0.989. The molecule has 0 saturated carbocycles. The SMILES string of the molecule is Cc1ccc(CN[C@@H](C)c2ccco2)s1. The van der Waals surface area contributed by atoms with E-state index < -0.39 is 0 Å². The molecule has 2 aromatic heterocycles. The number of thiophene rings is 1. The van der Waals surface area contributed by atoms with E-state index in [9.17, 15) is 0 Å². The van der Waals surface area contributed by atoms with E-state index >= 15 is 0 Å². The summed E-state index contributed by atoms with van der Waals surface area (Å²) in [7, 11) is 0. The molecular formula is C12H15NOS. The van der Waals surface area contributed by atoms with Gasteiger partial charge in [-0.2, -0.15) is 0 Å². The van der Waals surface area contributed by atoms with Gasteiger partial charge in [0.05, 0.1) is 12.3 Å². The first kappa shape index (κ1) is 10.5. The second-order valence-electron chi connectivity index (χ2n) is 3.63. The van der Waals surface area contributed by atoms with Crippen LogP contribution in [0.25, 0.3) is 0 Å². The summed E-state index contributed by atoms with van der Waals surface area (Å²) in [5.41, 5.74) is 0. The zero-order chi connectivity index (χ0) is 10.7. The molecule has 3 heteroatoms. The fourth-order valence-electron chi connectivity index (χ4n) is 1.47. The zero-order valence-electron chi connectivity index (χ0n) is 8.99. The maximum Gasteiger partial charge on any atom is 0.120 e. The highest BCUT2D eigenvalue weighted by Gasteiger charge is 2.07. The Kier molecular flexibility index (Phi) is 3.23. The average Bonchev–Trinajstić information content (AvgIpc) is 2.84. The number of hydrogen-bond donors (Lipinski definition) is 1. The van der Waals surface area contributed by atoms with Crippen LogP contribution in [0.15, 0.2) is 34.9 Å². The van der Waals surface area contributed by atoms with Gasteiger partial charge in [0.25, 0.3) is 0 Å². The smallest absolute Gasteiger partial charge is 0.120 e. The van der Waals surface area contributed by atoms with Gasteiger partial charge in [-0.15, -0.1) is 11.3 Å². The lowest BCUT2D eigenvalue weighted by atomic mass is 10.2. The van der Waals surface area contributed by atoms with Gasteiger partial charge in [-0.05, 0) is 38.1 Å². The Morgan fingerprint density at radius 1 is 1.40 bits per heavy atom. The number of nitrogens with one attached hydrogen (secondary N) is 1. The van der Waals surface area contributed by atoms with Crippen molar-refractivity contribution in [3.8, 4) is 0 Å². The van der Waals surface area contributed by atoms with Gasteiger partial charge in [0.2, 0.25) is 0 Å². The van der Waals surface area contributed by atoms with Gasteiger partial charge in [-0.1, -0.05) is 0 Å². The predicted molar refractivity (Wildman–Crippen MR) is 63.0 cm³/mol. The minimum absolute atomic E-state index is 0.266. The number of furan rings is 1. The van der Waals surface area contributed by atoms with Crippen molar-refractivity contribution < 1.29 is 4.42 Å². The molecule has 0 spiro atoms. The van der Waals surface area contributed by atoms with Crippen LogP contribution in [0.5, 0.6) is 0 Å². The molecule has 0 aliphatic heterocycles. The van der Waals surface area contributed by atoms with Crippen molar-refractivity contribution in [2.24, 2.45) is 0 Å². The van der Waals surface area contributed by atoms with Crippen molar-refractivity contribution in [2.45, 2.75) is 26.4 Å². The molecule has 0 saturated heterocycles. The Labute approximate surface area is 93.9 Å². The number of rotatable bonds is 4. The van der Waals surface area contributed by atoms with Crippen LogP contribution in [0.3, 0.4) is 0 Å². The summed E-state index contributed by atoms with van der Waals surface area (Å²) in [6.07, 6.45) is 1.71. The molecular weight excluding hydrogens is 206 g/mol. The van der Waals surface area contributed by atoms with E-state index in [1.54, 1.807) is 6.26 Å². The van der Waals surface area contributed by atoms with Crippen LogP contribution in [0.2, 0.25) is 0 Å². The molecule has 80 valence electrons. The summed E-state index contributed by atoms with van der Waals surface area (Å²) in [5, 5.41) is 3.43. The molecule has 0 aliphatic carbocycles. The van der Waals surface area contributed by atoms with E-state index in [0.29, 0.717) is 0 Å². The maximum atomic E-state index is 5.33. The first-order valence-electron chi connectivity index (χ1n) is 5.08. The lowest BCUT2D eigenvalue weighted by Crippen LogP contribution is -2.16. The normalized spacial score (nSPS) is 12.9.